The fourth-order valence-electron chi connectivity index (χ4n) is 5.22. The number of para-hydroxylation sites is 1. The third-order valence-electron chi connectivity index (χ3n) is 6.64. The number of thioether (sulfide) groups is 1. The maximum absolute atomic E-state index is 13.8. The fraction of sp³-hybridized carbons (Fsp3) is 0.375. The molecule has 3 aromatic rings. The number of piperidine rings is 1. The van der Waals surface area contributed by atoms with E-state index >= 15 is 0 Å². The lowest BCUT2D eigenvalue weighted by Crippen LogP contribution is -2.45. The van der Waals surface area contributed by atoms with Crippen LogP contribution >= 0.6 is 11.8 Å². The molecular formula is C24H26N2O3S2. The average molecular weight is 455 g/mol. The summed E-state index contributed by atoms with van der Waals surface area (Å²) in [4.78, 5) is 15.2. The number of nitrogens with zero attached hydrogens (tertiary/aromatic N) is 2. The van der Waals surface area contributed by atoms with Gasteiger partial charge in [-0.2, -0.15) is 11.8 Å². The highest BCUT2D eigenvalue weighted by atomic mass is 32.2. The van der Waals surface area contributed by atoms with Crippen LogP contribution in [-0.4, -0.2) is 41.8 Å². The molecule has 5 nitrogen and oxygen atoms in total. The number of aromatic nitrogens is 1. The van der Waals surface area contributed by atoms with E-state index in [4.69, 9.17) is 0 Å². The Labute approximate surface area is 187 Å². The molecule has 0 N–H and O–H groups in total. The summed E-state index contributed by atoms with van der Waals surface area (Å²) < 4.78 is 29.2. The van der Waals surface area contributed by atoms with Crippen LogP contribution in [0.4, 0.5) is 0 Å². The highest BCUT2D eigenvalue weighted by Gasteiger charge is 2.42. The quantitative estimate of drug-likeness (QED) is 0.587. The molecule has 2 aromatic carbocycles. The van der Waals surface area contributed by atoms with Crippen molar-refractivity contribution in [3.8, 4) is 0 Å². The number of carbonyl (C=O) groups is 1. The maximum atomic E-state index is 13.8. The van der Waals surface area contributed by atoms with E-state index in [1.54, 1.807) is 16.1 Å². The first-order valence-corrected chi connectivity index (χ1v) is 13.5. The number of hydrogen-bond donors (Lipinski definition) is 0. The van der Waals surface area contributed by atoms with Gasteiger partial charge in [0.2, 0.25) is 5.91 Å². The van der Waals surface area contributed by atoms with Crippen LogP contribution in [0.25, 0.3) is 10.9 Å². The van der Waals surface area contributed by atoms with Crippen molar-refractivity contribution in [2.45, 2.75) is 37.1 Å². The molecule has 1 aliphatic carbocycles. The maximum Gasteiger partial charge on any atom is 0.268 e. The van der Waals surface area contributed by atoms with Gasteiger partial charge in [0.25, 0.3) is 10.0 Å². The lowest BCUT2D eigenvalue weighted by atomic mass is 9.78. The van der Waals surface area contributed by atoms with Gasteiger partial charge in [-0.15, -0.1) is 0 Å². The summed E-state index contributed by atoms with van der Waals surface area (Å²) in [7, 11) is -3.75. The second-order valence-electron chi connectivity index (χ2n) is 8.59. The largest absolute Gasteiger partial charge is 0.335 e. The summed E-state index contributed by atoms with van der Waals surface area (Å²) in [5.74, 6) is 0.991. The van der Waals surface area contributed by atoms with Gasteiger partial charge in [0.05, 0.1) is 22.2 Å². The van der Waals surface area contributed by atoms with Crippen molar-refractivity contribution in [3.05, 3.63) is 65.4 Å². The Bertz CT molecular complexity index is 1260. The third kappa shape index (κ3) is 3.29. The van der Waals surface area contributed by atoms with Gasteiger partial charge in [-0.05, 0) is 56.6 Å². The minimum Gasteiger partial charge on any atom is -0.335 e. The van der Waals surface area contributed by atoms with E-state index in [0.29, 0.717) is 22.1 Å². The minimum atomic E-state index is -3.75. The Morgan fingerprint density at radius 2 is 1.87 bits per heavy atom. The van der Waals surface area contributed by atoms with Crippen molar-refractivity contribution in [2.75, 3.05) is 18.6 Å². The molecule has 0 unspecified atom stereocenters. The normalized spacial score (nSPS) is 20.6. The van der Waals surface area contributed by atoms with Gasteiger partial charge >= 0.3 is 0 Å². The standard InChI is InChI=1S/C24H26N2O3S2/c1-16-7-9-18(10-8-16)31(28,29)26-20-6-4-3-5-19(20)24-21-13-17(14-22(24)26)11-12-25(21)23(27)15-30-2/h3-10,17,21H,11-15H2,1-2H3/t17-,21+/m0/s1. The van der Waals surface area contributed by atoms with Crippen molar-refractivity contribution < 1.29 is 13.2 Å². The summed E-state index contributed by atoms with van der Waals surface area (Å²) in [5, 5.41) is 0.945. The summed E-state index contributed by atoms with van der Waals surface area (Å²) >= 11 is 1.54. The topological polar surface area (TPSA) is 59.4 Å². The molecule has 5 rings (SSSR count). The zero-order valence-electron chi connectivity index (χ0n) is 17.7. The Kier molecular flexibility index (Phi) is 5.13. The Morgan fingerprint density at radius 1 is 1.13 bits per heavy atom. The monoisotopic (exact) mass is 454 g/mol. The summed E-state index contributed by atoms with van der Waals surface area (Å²) in [5.41, 5.74) is 3.61. The van der Waals surface area contributed by atoms with Crippen LogP contribution in [-0.2, 0) is 21.2 Å². The van der Waals surface area contributed by atoms with Crippen molar-refractivity contribution >= 4 is 38.6 Å². The van der Waals surface area contributed by atoms with Gasteiger partial charge in [-0.25, -0.2) is 12.4 Å². The van der Waals surface area contributed by atoms with Gasteiger partial charge in [0.1, 0.15) is 0 Å². The Morgan fingerprint density at radius 3 is 2.61 bits per heavy atom. The number of aryl methyl sites for hydroxylation is 1. The number of amides is 1. The lowest BCUT2D eigenvalue weighted by Gasteiger charge is -2.43. The van der Waals surface area contributed by atoms with E-state index in [2.05, 4.69) is 0 Å². The second-order valence-corrected chi connectivity index (χ2v) is 11.2. The van der Waals surface area contributed by atoms with Crippen LogP contribution < -0.4 is 0 Å². The summed E-state index contributed by atoms with van der Waals surface area (Å²) in [6.07, 6.45) is 4.50. The lowest BCUT2D eigenvalue weighted by molar-refractivity contribution is -0.133. The van der Waals surface area contributed by atoms with E-state index in [0.717, 1.165) is 48.0 Å². The molecule has 7 heteroatoms. The number of likely N-dealkylation sites (tertiary alicyclic amines) is 1. The van der Waals surface area contributed by atoms with Crippen molar-refractivity contribution in [1.29, 1.82) is 0 Å². The van der Waals surface area contributed by atoms with Gasteiger partial charge < -0.3 is 4.90 Å². The van der Waals surface area contributed by atoms with E-state index in [9.17, 15) is 13.2 Å². The van der Waals surface area contributed by atoms with E-state index in [-0.39, 0.29) is 11.9 Å². The number of hydrogen-bond acceptors (Lipinski definition) is 4. The van der Waals surface area contributed by atoms with E-state index in [1.807, 2.05) is 54.5 Å². The van der Waals surface area contributed by atoms with Crippen LogP contribution in [0.15, 0.2) is 53.4 Å². The molecule has 1 amide bonds. The molecule has 2 atom stereocenters. The van der Waals surface area contributed by atoms with Gasteiger partial charge in [0.15, 0.2) is 0 Å². The highest BCUT2D eigenvalue weighted by Crippen LogP contribution is 2.47. The van der Waals surface area contributed by atoms with Crippen LogP contribution in [0.2, 0.25) is 0 Å². The van der Waals surface area contributed by atoms with Crippen LogP contribution in [0, 0.1) is 12.8 Å². The van der Waals surface area contributed by atoms with Crippen molar-refractivity contribution in [2.24, 2.45) is 5.92 Å². The van der Waals surface area contributed by atoms with E-state index in [1.165, 1.54) is 11.8 Å². The zero-order valence-corrected chi connectivity index (χ0v) is 19.4. The molecule has 2 heterocycles. The first kappa shape index (κ1) is 20.6. The zero-order chi connectivity index (χ0) is 21.8. The van der Waals surface area contributed by atoms with Gasteiger partial charge in [-0.1, -0.05) is 35.9 Å². The number of fused-ring (bicyclic) bond motifs is 6. The molecule has 1 saturated heterocycles. The molecule has 1 aromatic heterocycles. The molecular weight excluding hydrogens is 428 g/mol. The van der Waals surface area contributed by atoms with Crippen LogP contribution in [0.1, 0.15) is 35.7 Å². The number of carbonyl (C=O) groups excluding carboxylic acids is 1. The SMILES string of the molecule is CSCC(=O)N1CC[C@@H]2Cc3c(c4ccccc4n3S(=O)(=O)c3ccc(C)cc3)[C@H]1C2. The first-order chi connectivity index (χ1) is 14.9. The molecule has 162 valence electrons. The molecule has 1 aliphatic heterocycles. The Balaban J connectivity index is 1.74. The predicted molar refractivity (Wildman–Crippen MR) is 125 cm³/mol. The molecule has 0 spiro atoms. The summed E-state index contributed by atoms with van der Waals surface area (Å²) in [6, 6.07) is 14.7. The first-order valence-electron chi connectivity index (χ1n) is 10.6. The molecule has 0 radical (unpaired) electrons. The third-order valence-corrected chi connectivity index (χ3v) is 8.94. The van der Waals surface area contributed by atoms with Crippen molar-refractivity contribution in [1.82, 2.24) is 8.87 Å². The van der Waals surface area contributed by atoms with Gasteiger partial charge in [0, 0.05) is 23.2 Å². The molecule has 1 fully saturated rings. The average Bonchev–Trinajstić information content (AvgIpc) is 3.09. The van der Waals surface area contributed by atoms with Crippen molar-refractivity contribution in [3.63, 3.8) is 0 Å². The van der Waals surface area contributed by atoms with E-state index < -0.39 is 10.0 Å². The molecule has 0 saturated carbocycles. The fourth-order valence-corrected chi connectivity index (χ4v) is 7.20. The molecule has 2 aliphatic rings. The molecule has 31 heavy (non-hydrogen) atoms. The molecule has 2 bridgehead atoms. The van der Waals surface area contributed by atoms with Crippen LogP contribution in [0.5, 0.6) is 0 Å². The Hall–Kier alpha value is -2.25. The number of benzene rings is 2. The smallest absolute Gasteiger partial charge is 0.268 e. The highest BCUT2D eigenvalue weighted by molar-refractivity contribution is 7.99. The summed E-state index contributed by atoms with van der Waals surface area (Å²) in [6.45, 7) is 2.70. The predicted octanol–water partition coefficient (Wildman–Crippen LogP) is 4.39. The number of rotatable bonds is 4. The minimum absolute atomic E-state index is 0.0542. The second kappa shape index (κ2) is 7.71. The van der Waals surface area contributed by atoms with Crippen LogP contribution in [0.3, 0.4) is 0 Å². The van der Waals surface area contributed by atoms with Gasteiger partial charge in [-0.3, -0.25) is 4.79 Å².